The van der Waals surface area contributed by atoms with Gasteiger partial charge in [-0.3, -0.25) is 0 Å². The second-order valence-corrected chi connectivity index (χ2v) is 14.5. The maximum Gasteiger partial charge on any atom is 0.246 e. The second-order valence-electron chi connectivity index (χ2n) is 4.93. The van der Waals surface area contributed by atoms with Gasteiger partial charge in [0.1, 0.15) is 8.07 Å². The van der Waals surface area contributed by atoms with Gasteiger partial charge in [0, 0.05) is 0 Å². The number of hydrogen-bond acceptors (Lipinski definition) is 1. The van der Waals surface area contributed by atoms with Crippen LogP contribution < -0.4 is 0 Å². The molecule has 0 aromatic carbocycles. The van der Waals surface area contributed by atoms with Crippen molar-refractivity contribution >= 4 is 16.4 Å². The lowest BCUT2D eigenvalue weighted by molar-refractivity contribution is 0.442. The molecule has 0 amide bonds. The van der Waals surface area contributed by atoms with Gasteiger partial charge >= 0.3 is 0 Å². The first-order valence-electron chi connectivity index (χ1n) is 5.13. The van der Waals surface area contributed by atoms with Gasteiger partial charge in [0.25, 0.3) is 0 Å². The third-order valence-corrected chi connectivity index (χ3v) is 8.41. The fraction of sp³-hybridized carbons (Fsp3) is 0.800. The standard InChI is InChI=1S/C10H24OSi2/c1-8-13(7,9-2)11-10(3)12(4,5)6/h3,8-9H2,1-2,4-7H3. The van der Waals surface area contributed by atoms with E-state index in [1.165, 1.54) is 12.1 Å². The Labute approximate surface area is 85.3 Å². The predicted octanol–water partition coefficient (Wildman–Crippen LogP) is 4.01. The van der Waals surface area contributed by atoms with Crippen LogP contribution in [0.4, 0.5) is 0 Å². The molecule has 0 rings (SSSR count). The average Bonchev–Trinajstić information content (AvgIpc) is 2.02. The molecule has 0 unspecified atom stereocenters. The molecule has 0 N–H and O–H groups in total. The van der Waals surface area contributed by atoms with Crippen molar-refractivity contribution in [2.45, 2.75) is 52.1 Å². The molecule has 0 atom stereocenters. The molecule has 78 valence electrons. The Morgan fingerprint density at radius 1 is 1.08 bits per heavy atom. The van der Waals surface area contributed by atoms with Gasteiger partial charge in [-0.15, -0.1) is 0 Å². The molecule has 0 saturated carbocycles. The van der Waals surface area contributed by atoms with Gasteiger partial charge in [0.15, 0.2) is 0 Å². The van der Waals surface area contributed by atoms with Crippen molar-refractivity contribution in [3.63, 3.8) is 0 Å². The van der Waals surface area contributed by atoms with Crippen LogP contribution in [0.3, 0.4) is 0 Å². The summed E-state index contributed by atoms with van der Waals surface area (Å²) in [6.45, 7) is 17.7. The molecule has 13 heavy (non-hydrogen) atoms. The first kappa shape index (κ1) is 13.0. The number of hydrogen-bond donors (Lipinski definition) is 0. The largest absolute Gasteiger partial charge is 0.551 e. The Balaban J connectivity index is 4.35. The van der Waals surface area contributed by atoms with E-state index in [1.807, 2.05) is 0 Å². The van der Waals surface area contributed by atoms with Crippen molar-refractivity contribution in [1.29, 1.82) is 0 Å². The van der Waals surface area contributed by atoms with Crippen molar-refractivity contribution in [2.75, 3.05) is 0 Å². The van der Waals surface area contributed by atoms with Gasteiger partial charge in [-0.05, 0) is 18.6 Å². The molecule has 0 saturated heterocycles. The van der Waals surface area contributed by atoms with E-state index in [2.05, 4.69) is 46.6 Å². The van der Waals surface area contributed by atoms with Crippen molar-refractivity contribution < 1.29 is 4.43 Å². The normalized spacial score (nSPS) is 12.8. The fourth-order valence-corrected chi connectivity index (χ4v) is 4.19. The van der Waals surface area contributed by atoms with Crippen molar-refractivity contribution in [3.8, 4) is 0 Å². The Morgan fingerprint density at radius 2 is 1.46 bits per heavy atom. The Hall–Kier alpha value is -0.0262. The Bertz CT molecular complexity index is 178. The van der Waals surface area contributed by atoms with Crippen LogP contribution in [0.1, 0.15) is 13.8 Å². The summed E-state index contributed by atoms with van der Waals surface area (Å²) in [5, 5.41) is 1.09. The van der Waals surface area contributed by atoms with E-state index >= 15 is 0 Å². The molecule has 0 heterocycles. The topological polar surface area (TPSA) is 9.23 Å². The highest BCUT2D eigenvalue weighted by molar-refractivity contribution is 6.84. The molecule has 0 aliphatic carbocycles. The van der Waals surface area contributed by atoms with Crippen LogP contribution in [0, 0.1) is 0 Å². The highest BCUT2D eigenvalue weighted by Gasteiger charge is 2.30. The van der Waals surface area contributed by atoms with Crippen LogP contribution in [0.25, 0.3) is 0 Å². The summed E-state index contributed by atoms with van der Waals surface area (Å²) in [6, 6.07) is 2.38. The molecule has 1 nitrogen and oxygen atoms in total. The zero-order valence-corrected chi connectivity index (χ0v) is 12.0. The highest BCUT2D eigenvalue weighted by atomic mass is 28.4. The van der Waals surface area contributed by atoms with Gasteiger partial charge in [-0.1, -0.05) is 40.1 Å². The molecular weight excluding hydrogens is 192 g/mol. The number of rotatable bonds is 5. The lowest BCUT2D eigenvalue weighted by Gasteiger charge is -2.32. The van der Waals surface area contributed by atoms with Gasteiger partial charge in [-0.2, -0.15) is 0 Å². The van der Waals surface area contributed by atoms with E-state index < -0.39 is 16.4 Å². The quantitative estimate of drug-likeness (QED) is 0.498. The molecule has 3 heteroatoms. The molecule has 0 aliphatic heterocycles. The summed E-state index contributed by atoms with van der Waals surface area (Å²) >= 11 is 0. The summed E-state index contributed by atoms with van der Waals surface area (Å²) in [5.41, 5.74) is 0. The molecule has 0 spiro atoms. The van der Waals surface area contributed by atoms with Crippen LogP contribution in [0.2, 0.25) is 38.3 Å². The lowest BCUT2D eigenvalue weighted by atomic mass is 10.9. The van der Waals surface area contributed by atoms with Gasteiger partial charge in [-0.25, -0.2) is 0 Å². The van der Waals surface area contributed by atoms with E-state index in [-0.39, 0.29) is 0 Å². The Kier molecular flexibility index (Phi) is 4.45. The third kappa shape index (κ3) is 4.13. The van der Waals surface area contributed by atoms with Crippen LogP contribution in [0.5, 0.6) is 0 Å². The smallest absolute Gasteiger partial charge is 0.246 e. The third-order valence-electron chi connectivity index (χ3n) is 2.70. The van der Waals surface area contributed by atoms with Crippen molar-refractivity contribution in [2.24, 2.45) is 0 Å². The van der Waals surface area contributed by atoms with Gasteiger partial charge in [0.2, 0.25) is 8.32 Å². The first-order chi connectivity index (χ1) is 5.75. The van der Waals surface area contributed by atoms with E-state index in [1.54, 1.807) is 0 Å². The van der Waals surface area contributed by atoms with Gasteiger partial charge < -0.3 is 4.43 Å². The molecule has 0 aromatic rings. The SMILES string of the molecule is C=C(O[Si](C)(CC)CC)[Si](C)(C)C. The minimum absolute atomic E-state index is 1.09. The average molecular weight is 216 g/mol. The maximum absolute atomic E-state index is 6.11. The van der Waals surface area contributed by atoms with Crippen molar-refractivity contribution in [3.05, 3.63) is 12.0 Å². The van der Waals surface area contributed by atoms with Crippen molar-refractivity contribution in [1.82, 2.24) is 0 Å². The highest BCUT2D eigenvalue weighted by Crippen LogP contribution is 2.24. The van der Waals surface area contributed by atoms with E-state index in [0.717, 1.165) is 5.38 Å². The minimum atomic E-state index is -1.44. The van der Waals surface area contributed by atoms with Crippen LogP contribution >= 0.6 is 0 Å². The molecular formula is C10H24OSi2. The zero-order valence-electron chi connectivity index (χ0n) is 10.0. The van der Waals surface area contributed by atoms with Crippen LogP contribution in [-0.2, 0) is 4.43 Å². The van der Waals surface area contributed by atoms with E-state index in [0.29, 0.717) is 0 Å². The van der Waals surface area contributed by atoms with Crippen LogP contribution in [-0.4, -0.2) is 16.4 Å². The fourth-order valence-electron chi connectivity index (χ4n) is 0.845. The summed E-state index contributed by atoms with van der Waals surface area (Å²) in [6.07, 6.45) is 0. The second kappa shape index (κ2) is 4.46. The minimum Gasteiger partial charge on any atom is -0.551 e. The molecule has 0 radical (unpaired) electrons. The lowest BCUT2D eigenvalue weighted by Crippen LogP contribution is -2.38. The maximum atomic E-state index is 6.11. The summed E-state index contributed by atoms with van der Waals surface area (Å²) in [4.78, 5) is 0. The zero-order chi connectivity index (χ0) is 10.7. The van der Waals surface area contributed by atoms with Gasteiger partial charge in [0.05, 0.1) is 5.38 Å². The van der Waals surface area contributed by atoms with E-state index in [9.17, 15) is 0 Å². The predicted molar refractivity (Wildman–Crippen MR) is 66.2 cm³/mol. The molecule has 0 bridgehead atoms. The van der Waals surface area contributed by atoms with E-state index in [4.69, 9.17) is 4.43 Å². The first-order valence-corrected chi connectivity index (χ1v) is 11.5. The van der Waals surface area contributed by atoms with Crippen LogP contribution in [0.15, 0.2) is 12.0 Å². The monoisotopic (exact) mass is 216 g/mol. The summed E-state index contributed by atoms with van der Waals surface area (Å²) in [7, 11) is -2.72. The Morgan fingerprint density at radius 3 is 1.69 bits per heavy atom. The molecule has 0 aliphatic rings. The molecule has 0 aromatic heterocycles. The summed E-state index contributed by atoms with van der Waals surface area (Å²) < 4.78 is 6.11. The summed E-state index contributed by atoms with van der Waals surface area (Å²) in [5.74, 6) is 0. The molecule has 0 fully saturated rings.